The van der Waals surface area contributed by atoms with Crippen LogP contribution in [0, 0.1) is 11.3 Å². The topological polar surface area (TPSA) is 36.3 Å². The Hall–Kier alpha value is -1.53. The van der Waals surface area contributed by atoms with Crippen LogP contribution >= 0.6 is 0 Å². The molecule has 1 aromatic carbocycles. The molecule has 1 aliphatic carbocycles. The fourth-order valence-corrected chi connectivity index (χ4v) is 2.95. The van der Waals surface area contributed by atoms with Gasteiger partial charge in [-0.05, 0) is 43.7 Å². The van der Waals surface area contributed by atoms with E-state index < -0.39 is 0 Å². The second-order valence-corrected chi connectivity index (χ2v) is 5.41. The van der Waals surface area contributed by atoms with E-state index >= 15 is 0 Å². The number of nitrogens with zero attached hydrogens (tertiary/aromatic N) is 2. The molecular weight excluding hydrogens is 248 g/mol. The molecule has 1 aromatic rings. The van der Waals surface area contributed by atoms with Gasteiger partial charge in [-0.15, -0.1) is 0 Å². The molecule has 20 heavy (non-hydrogen) atoms. The average Bonchev–Trinajstić information content (AvgIpc) is 2.53. The van der Waals surface area contributed by atoms with Gasteiger partial charge in [0.1, 0.15) is 12.4 Å². The second-order valence-electron chi connectivity index (χ2n) is 5.41. The third kappa shape index (κ3) is 4.25. The summed E-state index contributed by atoms with van der Waals surface area (Å²) < 4.78 is 5.78. The minimum Gasteiger partial charge on any atom is -0.492 e. The zero-order chi connectivity index (χ0) is 14.2. The zero-order valence-corrected chi connectivity index (χ0v) is 12.3. The molecule has 1 aliphatic rings. The third-order valence-corrected chi connectivity index (χ3v) is 4.13. The molecule has 108 valence electrons. The van der Waals surface area contributed by atoms with Crippen molar-refractivity contribution in [1.82, 2.24) is 4.90 Å². The van der Waals surface area contributed by atoms with Gasteiger partial charge >= 0.3 is 0 Å². The molecule has 0 amide bonds. The minimum absolute atomic E-state index is 0.676. The highest BCUT2D eigenvalue weighted by Crippen LogP contribution is 2.22. The van der Waals surface area contributed by atoms with E-state index in [-0.39, 0.29) is 0 Å². The first-order valence-corrected chi connectivity index (χ1v) is 7.70. The van der Waals surface area contributed by atoms with Crippen molar-refractivity contribution in [3.8, 4) is 11.8 Å². The first-order valence-electron chi connectivity index (χ1n) is 7.70. The molecule has 0 aliphatic heterocycles. The third-order valence-electron chi connectivity index (χ3n) is 4.13. The van der Waals surface area contributed by atoms with Crippen LogP contribution in [-0.2, 0) is 0 Å². The predicted octanol–water partition coefficient (Wildman–Crippen LogP) is 3.59. The van der Waals surface area contributed by atoms with Crippen molar-refractivity contribution in [2.45, 2.75) is 45.1 Å². The monoisotopic (exact) mass is 272 g/mol. The van der Waals surface area contributed by atoms with Crippen molar-refractivity contribution in [2.24, 2.45) is 0 Å². The first-order chi connectivity index (χ1) is 9.83. The summed E-state index contributed by atoms with van der Waals surface area (Å²) in [5.74, 6) is 0.851. The van der Waals surface area contributed by atoms with Gasteiger partial charge in [0.2, 0.25) is 0 Å². The number of benzene rings is 1. The fourth-order valence-electron chi connectivity index (χ4n) is 2.95. The van der Waals surface area contributed by atoms with Crippen LogP contribution in [0.25, 0.3) is 0 Å². The molecule has 3 heteroatoms. The Balaban J connectivity index is 1.76. The molecule has 1 fully saturated rings. The van der Waals surface area contributed by atoms with Crippen LogP contribution in [-0.4, -0.2) is 30.6 Å². The van der Waals surface area contributed by atoms with E-state index in [1.54, 1.807) is 12.1 Å². The summed E-state index contributed by atoms with van der Waals surface area (Å²) in [7, 11) is 0. The predicted molar refractivity (Wildman–Crippen MR) is 80.8 cm³/mol. The second kappa shape index (κ2) is 7.91. The summed E-state index contributed by atoms with van der Waals surface area (Å²) in [4.78, 5) is 2.54. The molecule has 2 rings (SSSR count). The van der Waals surface area contributed by atoms with Crippen molar-refractivity contribution in [3.63, 3.8) is 0 Å². The number of hydrogen-bond donors (Lipinski definition) is 0. The van der Waals surface area contributed by atoms with Gasteiger partial charge in [0, 0.05) is 12.6 Å². The maximum Gasteiger partial charge on any atom is 0.119 e. The van der Waals surface area contributed by atoms with E-state index in [1.165, 1.54) is 32.1 Å². The normalized spacial score (nSPS) is 16.1. The lowest BCUT2D eigenvalue weighted by atomic mass is 9.94. The molecule has 0 radical (unpaired) electrons. The highest BCUT2D eigenvalue weighted by molar-refractivity contribution is 5.34. The van der Waals surface area contributed by atoms with E-state index in [4.69, 9.17) is 10.00 Å². The van der Waals surface area contributed by atoms with Gasteiger partial charge in [0.15, 0.2) is 0 Å². The smallest absolute Gasteiger partial charge is 0.119 e. The van der Waals surface area contributed by atoms with Gasteiger partial charge in [-0.2, -0.15) is 5.26 Å². The number of rotatable bonds is 6. The average molecular weight is 272 g/mol. The summed E-state index contributed by atoms with van der Waals surface area (Å²) >= 11 is 0. The maximum absolute atomic E-state index is 8.76. The molecule has 3 nitrogen and oxygen atoms in total. The van der Waals surface area contributed by atoms with Crippen LogP contribution in [0.1, 0.15) is 44.6 Å². The standard InChI is InChI=1S/C17H24N2O/c1-2-19(16-6-4-3-5-7-16)12-13-20-17-10-8-15(14-18)9-11-17/h8-11,16H,2-7,12-13H2,1H3. The van der Waals surface area contributed by atoms with Crippen LogP contribution in [0.3, 0.4) is 0 Å². The molecule has 0 aromatic heterocycles. The van der Waals surface area contributed by atoms with Gasteiger partial charge in [0.05, 0.1) is 11.6 Å². The quantitative estimate of drug-likeness (QED) is 0.794. The van der Waals surface area contributed by atoms with Crippen LogP contribution in [0.15, 0.2) is 24.3 Å². The Morgan fingerprint density at radius 3 is 2.50 bits per heavy atom. The summed E-state index contributed by atoms with van der Waals surface area (Å²) in [6, 6.07) is 10.2. The molecule has 0 bridgehead atoms. The lowest BCUT2D eigenvalue weighted by molar-refractivity contribution is 0.137. The summed E-state index contributed by atoms with van der Waals surface area (Å²) in [5.41, 5.74) is 0.676. The molecule has 0 atom stereocenters. The Bertz CT molecular complexity index is 429. The van der Waals surface area contributed by atoms with Gasteiger partial charge < -0.3 is 4.74 Å². The first kappa shape index (κ1) is 14.9. The van der Waals surface area contributed by atoms with Crippen LogP contribution in [0.4, 0.5) is 0 Å². The Morgan fingerprint density at radius 1 is 1.20 bits per heavy atom. The Labute approximate surface area is 122 Å². The van der Waals surface area contributed by atoms with Crippen molar-refractivity contribution in [3.05, 3.63) is 29.8 Å². The number of likely N-dealkylation sites (N-methyl/N-ethyl adjacent to an activating group) is 1. The highest BCUT2D eigenvalue weighted by Gasteiger charge is 2.19. The van der Waals surface area contributed by atoms with Gasteiger partial charge in [0.25, 0.3) is 0 Å². The summed E-state index contributed by atoms with van der Waals surface area (Å²) in [6.07, 6.45) is 6.82. The molecule has 0 heterocycles. The van der Waals surface area contributed by atoms with Crippen LogP contribution in [0.2, 0.25) is 0 Å². The molecular formula is C17H24N2O. The number of ether oxygens (including phenoxy) is 1. The van der Waals surface area contributed by atoms with E-state index in [1.807, 2.05) is 12.1 Å². The Kier molecular flexibility index (Phi) is 5.88. The van der Waals surface area contributed by atoms with Gasteiger partial charge in [-0.1, -0.05) is 26.2 Å². The van der Waals surface area contributed by atoms with Gasteiger partial charge in [-0.3, -0.25) is 4.90 Å². The highest BCUT2D eigenvalue weighted by atomic mass is 16.5. The van der Waals surface area contributed by atoms with E-state index in [9.17, 15) is 0 Å². The van der Waals surface area contributed by atoms with Crippen molar-refractivity contribution >= 4 is 0 Å². The summed E-state index contributed by atoms with van der Waals surface area (Å²) in [5, 5.41) is 8.76. The lowest BCUT2D eigenvalue weighted by Gasteiger charge is -2.33. The minimum atomic E-state index is 0.676. The van der Waals surface area contributed by atoms with E-state index in [0.29, 0.717) is 5.56 Å². The maximum atomic E-state index is 8.76. The lowest BCUT2D eigenvalue weighted by Crippen LogP contribution is -2.39. The van der Waals surface area contributed by atoms with E-state index in [2.05, 4.69) is 17.9 Å². The number of hydrogen-bond acceptors (Lipinski definition) is 3. The molecule has 0 N–H and O–H groups in total. The summed E-state index contributed by atoms with van der Waals surface area (Å²) in [6.45, 7) is 5.04. The fraction of sp³-hybridized carbons (Fsp3) is 0.588. The largest absolute Gasteiger partial charge is 0.492 e. The van der Waals surface area contributed by atoms with Gasteiger partial charge in [-0.25, -0.2) is 0 Å². The van der Waals surface area contributed by atoms with E-state index in [0.717, 1.165) is 31.5 Å². The SMILES string of the molecule is CCN(CCOc1ccc(C#N)cc1)C1CCCCC1. The molecule has 0 unspecified atom stereocenters. The molecule has 0 spiro atoms. The van der Waals surface area contributed by atoms with Crippen molar-refractivity contribution < 1.29 is 4.74 Å². The van der Waals surface area contributed by atoms with Crippen LogP contribution < -0.4 is 4.74 Å². The van der Waals surface area contributed by atoms with Crippen molar-refractivity contribution in [1.29, 1.82) is 5.26 Å². The zero-order valence-electron chi connectivity index (χ0n) is 12.3. The Morgan fingerprint density at radius 2 is 1.90 bits per heavy atom. The molecule has 0 saturated heterocycles. The van der Waals surface area contributed by atoms with Crippen LogP contribution in [0.5, 0.6) is 5.75 Å². The van der Waals surface area contributed by atoms with Crippen molar-refractivity contribution in [2.75, 3.05) is 19.7 Å². The molecule has 1 saturated carbocycles. The number of nitriles is 1.